The number of nitriles is 1. The van der Waals surface area contributed by atoms with Crippen molar-refractivity contribution >= 4 is 40.5 Å². The van der Waals surface area contributed by atoms with E-state index in [0.717, 1.165) is 0 Å². The molecule has 0 aliphatic carbocycles. The van der Waals surface area contributed by atoms with E-state index in [1.165, 1.54) is 24.1 Å². The fraction of sp³-hybridized carbons (Fsp3) is 0.273. The van der Waals surface area contributed by atoms with Crippen molar-refractivity contribution in [2.45, 2.75) is 18.9 Å². The highest BCUT2D eigenvalue weighted by atomic mass is 32.1. The van der Waals surface area contributed by atoms with Crippen LogP contribution in [0.5, 0.6) is 0 Å². The minimum atomic E-state index is -1.10. The number of amides is 2. The molecule has 2 amide bonds. The molecule has 2 aromatic rings. The van der Waals surface area contributed by atoms with E-state index >= 15 is 0 Å². The van der Waals surface area contributed by atoms with E-state index in [0.29, 0.717) is 35.5 Å². The summed E-state index contributed by atoms with van der Waals surface area (Å²) in [5.74, 6) is -1.53. The summed E-state index contributed by atoms with van der Waals surface area (Å²) in [6.45, 7) is 2.26. The Hall–Kier alpha value is -3.35. The first-order valence-corrected chi connectivity index (χ1v) is 10.0. The van der Waals surface area contributed by atoms with Crippen molar-refractivity contribution < 1.29 is 18.7 Å². The summed E-state index contributed by atoms with van der Waals surface area (Å²) in [6, 6.07) is 11.3. The average Bonchev–Trinajstić information content (AvgIpc) is 3.31. The largest absolute Gasteiger partial charge is 0.378 e. The molecule has 0 saturated carbocycles. The molecule has 158 valence electrons. The molecule has 1 N–H and O–H groups in total. The van der Waals surface area contributed by atoms with Crippen LogP contribution in [0.2, 0.25) is 0 Å². The maximum absolute atomic E-state index is 14.7. The van der Waals surface area contributed by atoms with E-state index in [-0.39, 0.29) is 23.2 Å². The van der Waals surface area contributed by atoms with Gasteiger partial charge in [0.25, 0.3) is 11.8 Å². The maximum atomic E-state index is 14.7. The Balaban J connectivity index is 1.81. The Kier molecular flexibility index (Phi) is 5.21. The van der Waals surface area contributed by atoms with Crippen molar-refractivity contribution in [1.82, 2.24) is 5.32 Å². The lowest BCUT2D eigenvalue weighted by molar-refractivity contribution is -0.121. The van der Waals surface area contributed by atoms with Crippen molar-refractivity contribution in [3.8, 4) is 6.07 Å². The van der Waals surface area contributed by atoms with Crippen LogP contribution in [0.15, 0.2) is 36.4 Å². The van der Waals surface area contributed by atoms with Crippen molar-refractivity contribution in [1.29, 1.82) is 5.26 Å². The molecule has 9 heteroatoms. The van der Waals surface area contributed by atoms with Crippen LogP contribution in [0.1, 0.15) is 27.9 Å². The predicted octanol–water partition coefficient (Wildman–Crippen LogP) is 2.66. The third-order valence-corrected chi connectivity index (χ3v) is 6.05. The molecule has 7 nitrogen and oxygen atoms in total. The van der Waals surface area contributed by atoms with Gasteiger partial charge in [0.15, 0.2) is 10.7 Å². The van der Waals surface area contributed by atoms with Gasteiger partial charge in [0.05, 0.1) is 29.5 Å². The van der Waals surface area contributed by atoms with E-state index < -0.39 is 17.3 Å². The Morgan fingerprint density at radius 3 is 2.61 bits per heavy atom. The van der Waals surface area contributed by atoms with Crippen LogP contribution in [-0.2, 0) is 9.53 Å². The summed E-state index contributed by atoms with van der Waals surface area (Å²) in [4.78, 5) is 28.5. The number of hydrogen-bond acceptors (Lipinski definition) is 5. The van der Waals surface area contributed by atoms with Gasteiger partial charge in [-0.15, -0.1) is 0 Å². The molecule has 2 fully saturated rings. The van der Waals surface area contributed by atoms with E-state index in [9.17, 15) is 19.2 Å². The summed E-state index contributed by atoms with van der Waals surface area (Å²) in [5, 5.41) is 11.8. The molecule has 4 rings (SSSR count). The highest BCUT2D eigenvalue weighted by Crippen LogP contribution is 2.41. The highest BCUT2D eigenvalue weighted by Gasteiger charge is 2.58. The molecule has 2 aliphatic rings. The minimum absolute atomic E-state index is 0.0982. The van der Waals surface area contributed by atoms with Crippen LogP contribution in [0.3, 0.4) is 0 Å². The Labute approximate surface area is 184 Å². The average molecular weight is 438 g/mol. The first-order chi connectivity index (χ1) is 14.8. The second kappa shape index (κ2) is 7.72. The van der Waals surface area contributed by atoms with Gasteiger partial charge in [-0.2, -0.15) is 5.26 Å². The van der Waals surface area contributed by atoms with Gasteiger partial charge in [-0.25, -0.2) is 4.39 Å². The van der Waals surface area contributed by atoms with E-state index in [1.54, 1.807) is 36.1 Å². The van der Waals surface area contributed by atoms with Gasteiger partial charge >= 0.3 is 0 Å². The number of thiocarbonyl (C=S) groups is 1. The molecular formula is C22H19FN4O3S. The van der Waals surface area contributed by atoms with E-state index in [4.69, 9.17) is 17.0 Å². The number of anilines is 2. The van der Waals surface area contributed by atoms with Gasteiger partial charge in [0.1, 0.15) is 5.82 Å². The lowest BCUT2D eigenvalue weighted by Gasteiger charge is -2.31. The predicted molar refractivity (Wildman–Crippen MR) is 116 cm³/mol. The number of aryl methyl sites for hydroxylation is 1. The molecule has 2 aliphatic heterocycles. The molecular weight excluding hydrogens is 419 g/mol. The standard InChI is InChI=1S/C22H19FN4O3S/c1-13-9-15(4-3-14(13)11-24)26-20(29)22(7-8-30-12-22)27(21(26)31)16-5-6-17(18(23)10-16)19(28)25-2/h3-6,9-10H,7-8,12H2,1-2H3,(H,25,28)/t22-/m1/s1. The van der Waals surface area contributed by atoms with Gasteiger partial charge in [0.2, 0.25) is 0 Å². The second-order valence-corrected chi connectivity index (χ2v) is 7.81. The third-order valence-electron chi connectivity index (χ3n) is 5.68. The molecule has 0 bridgehead atoms. The molecule has 2 aromatic carbocycles. The third kappa shape index (κ3) is 3.15. The minimum Gasteiger partial charge on any atom is -0.378 e. The molecule has 2 heterocycles. The highest BCUT2D eigenvalue weighted by molar-refractivity contribution is 7.81. The lowest BCUT2D eigenvalue weighted by atomic mass is 9.95. The van der Waals surface area contributed by atoms with E-state index in [1.807, 2.05) is 0 Å². The number of carbonyl (C=O) groups excluding carboxylic acids is 2. The molecule has 1 spiro atoms. The number of nitrogens with zero attached hydrogens (tertiary/aromatic N) is 3. The number of ether oxygens (including phenoxy) is 1. The molecule has 1 atom stereocenters. The topological polar surface area (TPSA) is 85.7 Å². The van der Waals surface area contributed by atoms with Crippen LogP contribution >= 0.6 is 12.2 Å². The quantitative estimate of drug-likeness (QED) is 0.742. The van der Waals surface area contributed by atoms with Gasteiger partial charge in [-0.1, -0.05) is 0 Å². The Morgan fingerprint density at radius 1 is 1.29 bits per heavy atom. The number of nitrogens with one attached hydrogen (secondary N) is 1. The summed E-state index contributed by atoms with van der Waals surface area (Å²) < 4.78 is 20.3. The van der Waals surface area contributed by atoms with Crippen LogP contribution in [0.4, 0.5) is 15.8 Å². The van der Waals surface area contributed by atoms with Crippen molar-refractivity contribution in [2.24, 2.45) is 0 Å². The Morgan fingerprint density at radius 2 is 2.03 bits per heavy atom. The molecule has 2 saturated heterocycles. The van der Waals surface area contributed by atoms with Crippen molar-refractivity contribution in [3.05, 3.63) is 58.9 Å². The van der Waals surface area contributed by atoms with Gasteiger partial charge in [-0.05, 0) is 61.1 Å². The van der Waals surface area contributed by atoms with Crippen molar-refractivity contribution in [2.75, 3.05) is 30.1 Å². The number of rotatable bonds is 3. The number of carbonyl (C=O) groups is 2. The summed E-state index contributed by atoms with van der Waals surface area (Å²) in [6.07, 6.45) is 0.385. The smallest absolute Gasteiger partial charge is 0.262 e. The zero-order chi connectivity index (χ0) is 22.3. The number of benzene rings is 2. The number of halogens is 1. The summed E-state index contributed by atoms with van der Waals surface area (Å²) in [7, 11) is 1.42. The first kappa shape index (κ1) is 20.9. The Bertz CT molecular complexity index is 1150. The van der Waals surface area contributed by atoms with Gasteiger partial charge < -0.3 is 15.0 Å². The SMILES string of the molecule is CNC(=O)c1ccc(N2C(=S)N(c3ccc(C#N)c(C)c3)C(=O)[C@]23CCOC3)cc1F. The molecule has 0 radical (unpaired) electrons. The second-order valence-electron chi connectivity index (χ2n) is 7.45. The summed E-state index contributed by atoms with van der Waals surface area (Å²) >= 11 is 5.68. The van der Waals surface area contributed by atoms with Crippen LogP contribution in [0.25, 0.3) is 0 Å². The van der Waals surface area contributed by atoms with Gasteiger partial charge in [0, 0.05) is 25.8 Å². The van der Waals surface area contributed by atoms with Crippen LogP contribution in [0, 0.1) is 24.1 Å². The molecule has 0 aromatic heterocycles. The van der Waals surface area contributed by atoms with E-state index in [2.05, 4.69) is 11.4 Å². The zero-order valence-corrected chi connectivity index (χ0v) is 17.8. The van der Waals surface area contributed by atoms with Crippen LogP contribution < -0.4 is 15.1 Å². The fourth-order valence-electron chi connectivity index (χ4n) is 4.03. The summed E-state index contributed by atoms with van der Waals surface area (Å²) in [5.41, 5.74) is 0.916. The monoisotopic (exact) mass is 438 g/mol. The lowest BCUT2D eigenvalue weighted by Crippen LogP contribution is -2.50. The normalized spacial score (nSPS) is 20.5. The molecule has 31 heavy (non-hydrogen) atoms. The fourth-order valence-corrected chi connectivity index (χ4v) is 4.50. The number of hydrogen-bond donors (Lipinski definition) is 1. The molecule has 0 unspecified atom stereocenters. The maximum Gasteiger partial charge on any atom is 0.262 e. The van der Waals surface area contributed by atoms with Crippen LogP contribution in [-0.4, -0.2) is 42.7 Å². The first-order valence-electron chi connectivity index (χ1n) is 9.63. The van der Waals surface area contributed by atoms with Crippen molar-refractivity contribution in [3.63, 3.8) is 0 Å². The zero-order valence-electron chi connectivity index (χ0n) is 16.9. The van der Waals surface area contributed by atoms with Gasteiger partial charge in [-0.3, -0.25) is 14.5 Å².